The van der Waals surface area contributed by atoms with Crippen LogP contribution in [0.3, 0.4) is 0 Å². The molecule has 2 heterocycles. The second-order valence-electron chi connectivity index (χ2n) is 9.18. The largest absolute Gasteiger partial charge is 0.476 e. The summed E-state index contributed by atoms with van der Waals surface area (Å²) in [5, 5.41) is 2.86. The summed E-state index contributed by atoms with van der Waals surface area (Å²) in [6.07, 6.45) is 7.68. The highest BCUT2D eigenvalue weighted by Crippen LogP contribution is 2.28. The normalized spacial score (nSPS) is 22.0. The Kier molecular flexibility index (Phi) is 9.36. The zero-order chi connectivity index (χ0) is 25.4. The number of Topliss-reactive ketones (excluding diaryl/α,β-unsaturated/α-hetero) is 2. The lowest BCUT2D eigenvalue weighted by Gasteiger charge is -2.22. The highest BCUT2D eigenvalue weighted by molar-refractivity contribution is 6.13. The maximum absolute atomic E-state index is 13.3. The molecule has 0 aromatic carbocycles. The number of aromatic nitrogens is 2. The molecule has 2 aliphatic rings. The average molecular weight is 485 g/mol. The smallest absolute Gasteiger partial charge is 0.219 e. The summed E-state index contributed by atoms with van der Waals surface area (Å²) in [6.45, 7) is 3.41. The fourth-order valence-electron chi connectivity index (χ4n) is 4.50. The van der Waals surface area contributed by atoms with Crippen molar-refractivity contribution >= 4 is 29.4 Å². The van der Waals surface area contributed by atoms with Gasteiger partial charge in [-0.25, -0.2) is 4.98 Å². The molecule has 3 rings (SSSR count). The Bertz CT molecular complexity index is 1010. The summed E-state index contributed by atoms with van der Waals surface area (Å²) in [7, 11) is 2.06. The van der Waals surface area contributed by atoms with Crippen LogP contribution in [0.15, 0.2) is 23.5 Å². The molecule has 2 fully saturated rings. The van der Waals surface area contributed by atoms with Gasteiger partial charge in [-0.15, -0.1) is 0 Å². The third-order valence-corrected chi connectivity index (χ3v) is 6.56. The van der Waals surface area contributed by atoms with E-state index in [1.165, 1.54) is 6.20 Å². The van der Waals surface area contributed by atoms with E-state index in [0.717, 1.165) is 32.2 Å². The average Bonchev–Trinajstić information content (AvgIpc) is 3.28. The molecule has 1 aliphatic carbocycles. The third-order valence-electron chi connectivity index (χ3n) is 6.56. The Morgan fingerprint density at radius 3 is 2.71 bits per heavy atom. The molecule has 10 heteroatoms. The lowest BCUT2D eigenvalue weighted by atomic mass is 9.81. The van der Waals surface area contributed by atoms with E-state index in [1.807, 2.05) is 6.92 Å². The minimum Gasteiger partial charge on any atom is -0.476 e. The van der Waals surface area contributed by atoms with E-state index in [4.69, 9.17) is 16.2 Å². The first kappa shape index (κ1) is 26.3. The quantitative estimate of drug-likeness (QED) is 0.242. The van der Waals surface area contributed by atoms with Gasteiger partial charge in [-0.05, 0) is 45.7 Å². The number of rotatable bonds is 11. The van der Waals surface area contributed by atoms with Gasteiger partial charge in [-0.2, -0.15) is 4.98 Å². The van der Waals surface area contributed by atoms with E-state index in [2.05, 4.69) is 27.2 Å². The van der Waals surface area contributed by atoms with Crippen LogP contribution in [0.1, 0.15) is 64.1 Å². The van der Waals surface area contributed by atoms with Crippen LogP contribution in [0.4, 0.5) is 5.82 Å². The van der Waals surface area contributed by atoms with E-state index in [-0.39, 0.29) is 40.7 Å². The first-order chi connectivity index (χ1) is 16.8. The molecular weight excluding hydrogens is 448 g/mol. The molecule has 0 bridgehead atoms. The summed E-state index contributed by atoms with van der Waals surface area (Å²) < 4.78 is 5.99. The number of carbonyl (C=O) groups excluding carboxylic acids is 3. The van der Waals surface area contributed by atoms with Crippen molar-refractivity contribution in [2.24, 2.45) is 17.4 Å². The molecule has 1 saturated heterocycles. The van der Waals surface area contributed by atoms with Gasteiger partial charge in [0.25, 0.3) is 0 Å². The Morgan fingerprint density at radius 2 is 2.06 bits per heavy atom. The maximum Gasteiger partial charge on any atom is 0.219 e. The summed E-state index contributed by atoms with van der Waals surface area (Å²) in [4.78, 5) is 47.8. The summed E-state index contributed by atoms with van der Waals surface area (Å²) >= 11 is 0. The van der Waals surface area contributed by atoms with Gasteiger partial charge in [0.05, 0.1) is 17.3 Å². The number of hydrogen-bond acceptors (Lipinski definition) is 10. The van der Waals surface area contributed by atoms with Crippen molar-refractivity contribution in [1.82, 2.24) is 14.9 Å². The fourth-order valence-corrected chi connectivity index (χ4v) is 4.50. The summed E-state index contributed by atoms with van der Waals surface area (Å²) in [5.41, 5.74) is 12.5. The van der Waals surface area contributed by atoms with Crippen LogP contribution in [-0.2, 0) is 14.4 Å². The second kappa shape index (κ2) is 12.4. The number of aldehydes is 1. The summed E-state index contributed by atoms with van der Waals surface area (Å²) in [6, 6.07) is 1.87. The Labute approximate surface area is 206 Å². The zero-order valence-corrected chi connectivity index (χ0v) is 20.6. The monoisotopic (exact) mass is 484 g/mol. The van der Waals surface area contributed by atoms with E-state index in [0.29, 0.717) is 50.0 Å². The van der Waals surface area contributed by atoms with Crippen molar-refractivity contribution in [3.63, 3.8) is 0 Å². The molecule has 1 aromatic rings. The van der Waals surface area contributed by atoms with Crippen molar-refractivity contribution < 1.29 is 19.1 Å². The first-order valence-electron chi connectivity index (χ1n) is 12.3. The number of likely N-dealkylation sites (tertiary alicyclic amines) is 1. The van der Waals surface area contributed by atoms with Crippen molar-refractivity contribution in [3.8, 4) is 5.88 Å². The highest BCUT2D eigenvalue weighted by atomic mass is 16.5. The minimum absolute atomic E-state index is 0.0126. The SMILES string of the molecule is CCC/C(C(=O)[C@H]1CCCCC1=O)=C(/N)c1nc(N/C=C(\N)C=O)cc(OC[C@@H]2CCCN2C)n1. The van der Waals surface area contributed by atoms with Crippen LogP contribution < -0.4 is 21.5 Å². The van der Waals surface area contributed by atoms with Crippen molar-refractivity contribution in [2.45, 2.75) is 64.3 Å². The lowest BCUT2D eigenvalue weighted by molar-refractivity contribution is -0.132. The van der Waals surface area contributed by atoms with Gasteiger partial charge in [0.2, 0.25) is 5.88 Å². The number of ether oxygens (including phenoxy) is 1. The molecule has 0 radical (unpaired) electrons. The number of ketones is 2. The molecule has 10 nitrogen and oxygen atoms in total. The molecule has 35 heavy (non-hydrogen) atoms. The van der Waals surface area contributed by atoms with E-state index >= 15 is 0 Å². The molecule has 1 aliphatic heterocycles. The molecule has 1 saturated carbocycles. The Morgan fingerprint density at radius 1 is 1.26 bits per heavy atom. The van der Waals surface area contributed by atoms with Crippen molar-refractivity contribution in [1.29, 1.82) is 0 Å². The topological polar surface area (TPSA) is 154 Å². The van der Waals surface area contributed by atoms with E-state index in [9.17, 15) is 14.4 Å². The number of allylic oxidation sites excluding steroid dienone is 2. The number of anilines is 1. The van der Waals surface area contributed by atoms with E-state index < -0.39 is 5.92 Å². The Balaban J connectivity index is 1.95. The van der Waals surface area contributed by atoms with Crippen molar-refractivity contribution in [3.05, 3.63) is 29.4 Å². The predicted molar refractivity (Wildman–Crippen MR) is 133 cm³/mol. The molecule has 190 valence electrons. The van der Waals surface area contributed by atoms with Crippen LogP contribution in [0.2, 0.25) is 0 Å². The second-order valence-corrected chi connectivity index (χ2v) is 9.18. The van der Waals surface area contributed by atoms with Crippen LogP contribution in [0, 0.1) is 5.92 Å². The van der Waals surface area contributed by atoms with Gasteiger partial charge in [0.1, 0.15) is 18.2 Å². The molecule has 5 N–H and O–H groups in total. The molecule has 0 unspecified atom stereocenters. The molecule has 1 aromatic heterocycles. The zero-order valence-electron chi connectivity index (χ0n) is 20.6. The first-order valence-corrected chi connectivity index (χ1v) is 12.3. The van der Waals surface area contributed by atoms with Crippen LogP contribution >= 0.6 is 0 Å². The maximum atomic E-state index is 13.3. The van der Waals surface area contributed by atoms with E-state index in [1.54, 1.807) is 6.07 Å². The number of nitrogens with one attached hydrogen (secondary N) is 1. The highest BCUT2D eigenvalue weighted by Gasteiger charge is 2.32. The van der Waals surface area contributed by atoms with Crippen molar-refractivity contribution in [2.75, 3.05) is 25.5 Å². The fraction of sp³-hybridized carbons (Fsp3) is 0.560. The van der Waals surface area contributed by atoms with Gasteiger partial charge < -0.3 is 26.4 Å². The third kappa shape index (κ3) is 6.88. The standard InChI is InChI=1S/C25H36N6O4/c1-3-7-19(24(34)18-9-4-5-10-20(18)33)23(27)25-29-21(28-13-16(26)14-32)12-22(30-25)35-15-17-8-6-11-31(17)2/h12-14,17-18H,3-11,15,26-27H2,1-2H3,(H,28,29,30)/b16-13-,23-19-/t17-,18-/m0/s1. The lowest BCUT2D eigenvalue weighted by Crippen LogP contribution is -2.31. The summed E-state index contributed by atoms with van der Waals surface area (Å²) in [5.74, 6) is -0.197. The van der Waals surface area contributed by atoms with Gasteiger partial charge >= 0.3 is 0 Å². The van der Waals surface area contributed by atoms with Gasteiger partial charge in [0, 0.05) is 30.3 Å². The van der Waals surface area contributed by atoms with Gasteiger partial charge in [-0.3, -0.25) is 14.4 Å². The van der Waals surface area contributed by atoms with Crippen LogP contribution in [0.25, 0.3) is 5.70 Å². The Hall–Kier alpha value is -3.27. The van der Waals surface area contributed by atoms with Gasteiger partial charge in [-0.1, -0.05) is 19.8 Å². The molecule has 0 amide bonds. The molecular formula is C25H36N6O4. The number of nitrogens with zero attached hydrogens (tertiary/aromatic N) is 3. The predicted octanol–water partition coefficient (Wildman–Crippen LogP) is 2.16. The number of likely N-dealkylation sites (N-methyl/N-ethyl adjacent to an activating group) is 1. The number of nitrogens with two attached hydrogens (primary N) is 2. The minimum atomic E-state index is -0.658. The number of carbonyl (C=O) groups is 3. The molecule has 0 spiro atoms. The van der Waals surface area contributed by atoms with Gasteiger partial charge in [0.15, 0.2) is 17.9 Å². The van der Waals surface area contributed by atoms with Crippen LogP contribution in [0.5, 0.6) is 5.88 Å². The number of hydrogen-bond donors (Lipinski definition) is 3. The van der Waals surface area contributed by atoms with Crippen LogP contribution in [-0.4, -0.2) is 59.0 Å². The molecule has 2 atom stereocenters.